The predicted molar refractivity (Wildman–Crippen MR) is 106 cm³/mol. The Labute approximate surface area is 141 Å². The van der Waals surface area contributed by atoms with Gasteiger partial charge >= 0.3 is 0 Å². The van der Waals surface area contributed by atoms with E-state index in [1.165, 1.54) is 10.4 Å². The molecule has 2 aromatic rings. The molecule has 0 unspecified atom stereocenters. The third-order valence-corrected chi connectivity index (χ3v) is 7.73. The monoisotopic (exact) mass is 316 g/mol. The molecule has 0 aromatic heterocycles. The minimum atomic E-state index is -2.16. The molecule has 0 aliphatic carbocycles. The summed E-state index contributed by atoms with van der Waals surface area (Å²) in [5, 5.41) is 2.72. The third kappa shape index (κ3) is 4.30. The van der Waals surface area contributed by atoms with Gasteiger partial charge in [0.15, 0.2) is 8.07 Å². The summed E-state index contributed by atoms with van der Waals surface area (Å²) in [6.45, 7) is 12.1. The molecular weight excluding hydrogens is 292 g/mol. The van der Waals surface area contributed by atoms with Gasteiger partial charge in [-0.3, -0.25) is 0 Å². The van der Waals surface area contributed by atoms with Gasteiger partial charge in [-0.15, -0.1) is 0 Å². The van der Waals surface area contributed by atoms with Crippen molar-refractivity contribution in [3.05, 3.63) is 109 Å². The van der Waals surface area contributed by atoms with Gasteiger partial charge in [-0.2, -0.15) is 0 Å². The van der Waals surface area contributed by atoms with Crippen LogP contribution in [0.5, 0.6) is 0 Å². The lowest BCUT2D eigenvalue weighted by Gasteiger charge is -2.26. The van der Waals surface area contributed by atoms with E-state index in [0.29, 0.717) is 0 Å². The fraction of sp³-hybridized carbons (Fsp3) is 0.0909. The quantitative estimate of drug-likeness (QED) is 0.540. The van der Waals surface area contributed by atoms with Gasteiger partial charge < -0.3 is 0 Å². The molecule has 0 amide bonds. The van der Waals surface area contributed by atoms with Gasteiger partial charge in [-0.1, -0.05) is 109 Å². The molecule has 0 heterocycles. The molecule has 2 aromatic carbocycles. The van der Waals surface area contributed by atoms with Crippen LogP contribution in [0.3, 0.4) is 0 Å². The van der Waals surface area contributed by atoms with Gasteiger partial charge in [0, 0.05) is 0 Å². The lowest BCUT2D eigenvalue weighted by atomic mass is 10.3. The number of hydrogen-bond acceptors (Lipinski definition) is 0. The van der Waals surface area contributed by atoms with Crippen LogP contribution in [0.4, 0.5) is 0 Å². The van der Waals surface area contributed by atoms with Crippen LogP contribution in [0, 0.1) is 0 Å². The highest BCUT2D eigenvalue weighted by atomic mass is 28.3. The molecule has 0 radical (unpaired) electrons. The van der Waals surface area contributed by atoms with Crippen molar-refractivity contribution < 1.29 is 0 Å². The van der Waals surface area contributed by atoms with E-state index in [9.17, 15) is 0 Å². The van der Waals surface area contributed by atoms with Crippen molar-refractivity contribution in [2.24, 2.45) is 0 Å². The van der Waals surface area contributed by atoms with Crippen LogP contribution < -0.4 is 10.4 Å². The van der Waals surface area contributed by atoms with E-state index in [0.717, 1.165) is 11.1 Å². The average molecular weight is 317 g/mol. The van der Waals surface area contributed by atoms with Gasteiger partial charge in [0.25, 0.3) is 0 Å². The zero-order valence-electron chi connectivity index (χ0n) is 14.0. The Morgan fingerprint density at radius 2 is 1.04 bits per heavy atom. The van der Waals surface area contributed by atoms with Crippen LogP contribution in [-0.4, -0.2) is 8.07 Å². The minimum absolute atomic E-state index is 1.07. The first kappa shape index (κ1) is 17.0. The van der Waals surface area contributed by atoms with E-state index >= 15 is 0 Å². The van der Waals surface area contributed by atoms with Gasteiger partial charge in [0.05, 0.1) is 0 Å². The molecule has 1 heteroatoms. The first-order valence-electron chi connectivity index (χ1n) is 7.85. The third-order valence-electron chi connectivity index (χ3n) is 3.76. The maximum Gasteiger partial charge on any atom is 0.165 e. The van der Waals surface area contributed by atoms with Crippen molar-refractivity contribution in [1.29, 1.82) is 0 Å². The minimum Gasteiger partial charge on any atom is -0.0961 e. The van der Waals surface area contributed by atoms with Gasteiger partial charge in [-0.05, 0) is 24.2 Å². The van der Waals surface area contributed by atoms with Crippen LogP contribution in [0.2, 0.25) is 0 Å². The molecule has 0 fully saturated rings. The van der Waals surface area contributed by atoms with Crippen LogP contribution in [0.25, 0.3) is 0 Å². The maximum atomic E-state index is 4.03. The molecule has 0 saturated carbocycles. The van der Waals surface area contributed by atoms with E-state index in [4.69, 9.17) is 0 Å². The highest BCUT2D eigenvalue weighted by molar-refractivity contribution is 7.09. The highest BCUT2D eigenvalue weighted by Gasteiger charge is 2.31. The van der Waals surface area contributed by atoms with Crippen LogP contribution >= 0.6 is 0 Å². The van der Waals surface area contributed by atoms with E-state index in [1.807, 2.05) is 13.8 Å². The second-order valence-electron chi connectivity index (χ2n) is 5.96. The standard InChI is InChI=1S/C22H24Si/c1-19(2)15-17-23(18-16-20(3)4,21-11-7-5-8-12-21)22-13-9-6-10-14-22/h5-18H,1,3H2,2,4H3. The first-order chi connectivity index (χ1) is 11.0. The Balaban J connectivity index is 2.72. The molecular formula is C22H24Si. The normalized spacial score (nSPS) is 11.9. The summed E-state index contributed by atoms with van der Waals surface area (Å²) in [4.78, 5) is 0. The lowest BCUT2D eigenvalue weighted by Crippen LogP contribution is -2.55. The summed E-state index contributed by atoms with van der Waals surface area (Å²) in [6, 6.07) is 21.5. The SMILES string of the molecule is C=C(C)C=C[Si](C=CC(=C)C)(c1ccccc1)c1ccccc1. The Hall–Kier alpha value is -2.38. The van der Waals surface area contributed by atoms with Gasteiger partial charge in [0.2, 0.25) is 0 Å². The molecule has 0 atom stereocenters. The summed E-state index contributed by atoms with van der Waals surface area (Å²) in [7, 11) is -2.16. The van der Waals surface area contributed by atoms with Crippen LogP contribution in [0.15, 0.2) is 109 Å². The Morgan fingerprint density at radius 3 is 1.35 bits per heavy atom. The van der Waals surface area contributed by atoms with Crippen molar-refractivity contribution in [3.8, 4) is 0 Å². The fourth-order valence-electron chi connectivity index (χ4n) is 2.58. The summed E-state index contributed by atoms with van der Waals surface area (Å²) < 4.78 is 0. The number of allylic oxidation sites excluding steroid dienone is 4. The summed E-state index contributed by atoms with van der Waals surface area (Å²) in [5.41, 5.74) is 6.86. The molecule has 0 aliphatic rings. The molecule has 0 spiro atoms. The topological polar surface area (TPSA) is 0 Å². The first-order valence-corrected chi connectivity index (χ1v) is 10.0. The molecule has 116 valence electrons. The van der Waals surface area contributed by atoms with Crippen LogP contribution in [0.1, 0.15) is 13.8 Å². The smallest absolute Gasteiger partial charge is 0.0961 e. The van der Waals surface area contributed by atoms with E-state index < -0.39 is 8.07 Å². The summed E-state index contributed by atoms with van der Waals surface area (Å²) in [6.07, 6.45) is 4.30. The summed E-state index contributed by atoms with van der Waals surface area (Å²) in [5.74, 6) is 0. The molecule has 0 saturated heterocycles. The van der Waals surface area contributed by atoms with E-state index in [1.54, 1.807) is 0 Å². The molecule has 23 heavy (non-hydrogen) atoms. The molecule has 0 N–H and O–H groups in total. The Kier molecular flexibility index (Phi) is 5.72. The molecule has 0 bridgehead atoms. The fourth-order valence-corrected chi connectivity index (χ4v) is 6.38. The maximum absolute atomic E-state index is 4.03. The second kappa shape index (κ2) is 7.75. The number of rotatable bonds is 6. The summed E-state index contributed by atoms with van der Waals surface area (Å²) >= 11 is 0. The molecule has 2 rings (SSSR count). The van der Waals surface area contributed by atoms with Crippen molar-refractivity contribution in [3.63, 3.8) is 0 Å². The number of hydrogen-bond donors (Lipinski definition) is 0. The van der Waals surface area contributed by atoms with E-state index in [-0.39, 0.29) is 0 Å². The molecule has 0 aliphatic heterocycles. The zero-order chi connectivity index (χ0) is 16.7. The average Bonchev–Trinajstić information content (AvgIpc) is 2.56. The van der Waals surface area contributed by atoms with E-state index in [2.05, 4.69) is 97.4 Å². The highest BCUT2D eigenvalue weighted by Crippen LogP contribution is 2.12. The number of benzene rings is 2. The zero-order valence-corrected chi connectivity index (χ0v) is 15.0. The van der Waals surface area contributed by atoms with Crippen molar-refractivity contribution in [2.75, 3.05) is 0 Å². The van der Waals surface area contributed by atoms with Gasteiger partial charge in [0.1, 0.15) is 0 Å². The second-order valence-corrected chi connectivity index (χ2v) is 9.52. The largest absolute Gasteiger partial charge is 0.165 e. The Bertz CT molecular complexity index is 656. The van der Waals surface area contributed by atoms with Crippen LogP contribution in [-0.2, 0) is 0 Å². The predicted octanol–water partition coefficient (Wildman–Crippen LogP) is 4.59. The lowest BCUT2D eigenvalue weighted by molar-refractivity contribution is 1.56. The van der Waals surface area contributed by atoms with Crippen molar-refractivity contribution >= 4 is 18.4 Å². The van der Waals surface area contributed by atoms with Crippen molar-refractivity contribution in [1.82, 2.24) is 0 Å². The van der Waals surface area contributed by atoms with Gasteiger partial charge in [-0.25, -0.2) is 0 Å². The van der Waals surface area contributed by atoms with Crippen molar-refractivity contribution in [2.45, 2.75) is 13.8 Å². The Morgan fingerprint density at radius 1 is 0.696 bits per heavy atom. The molecule has 0 nitrogen and oxygen atoms in total.